The first-order chi connectivity index (χ1) is 17.2. The summed E-state index contributed by atoms with van der Waals surface area (Å²) in [6.07, 6.45) is 7.45. The summed E-state index contributed by atoms with van der Waals surface area (Å²) in [6.45, 7) is 9.20. The van der Waals surface area contributed by atoms with Gasteiger partial charge < -0.3 is 15.5 Å². The molecule has 2 bridgehead atoms. The highest BCUT2D eigenvalue weighted by atomic mass is 16.2. The number of aryl methyl sites for hydroxylation is 1. The van der Waals surface area contributed by atoms with Gasteiger partial charge in [-0.05, 0) is 55.8 Å². The lowest BCUT2D eigenvalue weighted by Crippen LogP contribution is -2.60. The van der Waals surface area contributed by atoms with Crippen molar-refractivity contribution in [1.82, 2.24) is 24.9 Å². The zero-order valence-electron chi connectivity index (χ0n) is 22.4. The van der Waals surface area contributed by atoms with Crippen LogP contribution in [0.15, 0.2) is 12.3 Å². The molecule has 1 aromatic heterocycles. The quantitative estimate of drug-likeness (QED) is 0.662. The molecule has 4 rings (SSSR count). The number of nitrogens with one attached hydrogen (secondary N) is 2. The summed E-state index contributed by atoms with van der Waals surface area (Å²) >= 11 is 0. The summed E-state index contributed by atoms with van der Waals surface area (Å²) in [4.78, 5) is 43.2. The van der Waals surface area contributed by atoms with E-state index in [1.54, 1.807) is 10.7 Å². The highest BCUT2D eigenvalue weighted by Gasteiger charge is 2.43. The van der Waals surface area contributed by atoms with Gasteiger partial charge in [-0.25, -0.2) is 0 Å². The first-order valence-electron chi connectivity index (χ1n) is 13.8. The van der Waals surface area contributed by atoms with Crippen LogP contribution >= 0.6 is 0 Å². The van der Waals surface area contributed by atoms with E-state index in [9.17, 15) is 14.4 Å². The van der Waals surface area contributed by atoms with Crippen LogP contribution in [-0.2, 0) is 21.4 Å². The lowest BCUT2D eigenvalue weighted by molar-refractivity contribution is -0.142. The van der Waals surface area contributed by atoms with Gasteiger partial charge in [0.25, 0.3) is 0 Å². The average Bonchev–Trinajstić information content (AvgIpc) is 3.21. The first-order valence-corrected chi connectivity index (χ1v) is 13.8. The number of hydrogen-bond donors (Lipinski definition) is 2. The summed E-state index contributed by atoms with van der Waals surface area (Å²) in [7, 11) is 1.83. The van der Waals surface area contributed by atoms with E-state index in [4.69, 9.17) is 0 Å². The molecule has 0 spiro atoms. The van der Waals surface area contributed by atoms with E-state index < -0.39 is 0 Å². The maximum Gasteiger partial charge on any atom is 0.239 e. The van der Waals surface area contributed by atoms with Crippen LogP contribution in [0.5, 0.6) is 0 Å². The summed E-state index contributed by atoms with van der Waals surface area (Å²) in [5, 5.41) is 10.4. The molecule has 3 saturated heterocycles. The van der Waals surface area contributed by atoms with Gasteiger partial charge in [-0.15, -0.1) is 0 Å². The lowest BCUT2D eigenvalue weighted by Gasteiger charge is -2.51. The summed E-state index contributed by atoms with van der Waals surface area (Å²) in [5.74, 6) is 2.30. The fourth-order valence-corrected chi connectivity index (χ4v) is 6.41. The Balaban J connectivity index is 1.42. The number of carbonyl (C=O) groups is 3. The Bertz CT molecular complexity index is 930. The Hall–Kier alpha value is -2.42. The van der Waals surface area contributed by atoms with Crippen LogP contribution in [0.25, 0.3) is 0 Å². The second-order valence-corrected chi connectivity index (χ2v) is 11.8. The molecule has 2 N–H and O–H groups in total. The molecule has 5 atom stereocenters. The number of nitrogens with zero attached hydrogens (tertiary/aromatic N) is 4. The fourth-order valence-electron chi connectivity index (χ4n) is 6.41. The number of piperidine rings is 2. The van der Waals surface area contributed by atoms with Crippen molar-refractivity contribution in [3.8, 4) is 0 Å². The number of hydrogen-bond acceptors (Lipinski definition) is 5. The molecule has 0 aliphatic carbocycles. The molecular formula is C27H44N6O3. The van der Waals surface area contributed by atoms with Gasteiger partial charge in [0.1, 0.15) is 0 Å². The van der Waals surface area contributed by atoms with Crippen LogP contribution in [0, 0.1) is 23.7 Å². The van der Waals surface area contributed by atoms with Crippen LogP contribution in [0.3, 0.4) is 0 Å². The monoisotopic (exact) mass is 500 g/mol. The van der Waals surface area contributed by atoms with E-state index in [1.165, 1.54) is 0 Å². The largest absolute Gasteiger partial charge is 0.353 e. The second-order valence-electron chi connectivity index (χ2n) is 11.8. The summed E-state index contributed by atoms with van der Waals surface area (Å²) < 4.78 is 1.67. The van der Waals surface area contributed by atoms with Crippen molar-refractivity contribution in [3.63, 3.8) is 0 Å². The van der Waals surface area contributed by atoms with Crippen LogP contribution in [0.4, 0.5) is 5.82 Å². The Kier molecular flexibility index (Phi) is 8.70. The summed E-state index contributed by atoms with van der Waals surface area (Å²) in [5.41, 5.74) is 0. The second kappa shape index (κ2) is 11.8. The highest BCUT2D eigenvalue weighted by Crippen LogP contribution is 2.36. The Labute approximate surface area is 215 Å². The molecule has 4 heterocycles. The van der Waals surface area contributed by atoms with E-state index in [2.05, 4.69) is 46.3 Å². The zero-order valence-corrected chi connectivity index (χ0v) is 22.4. The topological polar surface area (TPSA) is 99.6 Å². The minimum Gasteiger partial charge on any atom is -0.353 e. The zero-order chi connectivity index (χ0) is 25.8. The predicted octanol–water partition coefficient (Wildman–Crippen LogP) is 2.64. The van der Waals surface area contributed by atoms with Crippen molar-refractivity contribution >= 4 is 23.5 Å². The third-order valence-electron chi connectivity index (χ3n) is 8.26. The van der Waals surface area contributed by atoms with Crippen LogP contribution in [0.1, 0.15) is 65.7 Å². The molecule has 1 aromatic rings. The van der Waals surface area contributed by atoms with Crippen molar-refractivity contribution in [2.24, 2.45) is 30.7 Å². The maximum atomic E-state index is 13.5. The summed E-state index contributed by atoms with van der Waals surface area (Å²) in [6, 6.07) is 2.10. The Morgan fingerprint density at radius 3 is 2.72 bits per heavy atom. The number of aromatic nitrogens is 2. The van der Waals surface area contributed by atoms with Gasteiger partial charge >= 0.3 is 0 Å². The normalized spacial score (nSPS) is 30.6. The smallest absolute Gasteiger partial charge is 0.239 e. The Morgan fingerprint density at radius 2 is 2.00 bits per heavy atom. The molecule has 9 heteroatoms. The molecule has 3 aliphatic heterocycles. The van der Waals surface area contributed by atoms with E-state index in [0.29, 0.717) is 48.9 Å². The van der Waals surface area contributed by atoms with E-state index in [0.717, 1.165) is 51.7 Å². The van der Waals surface area contributed by atoms with E-state index >= 15 is 0 Å². The number of likely N-dealkylation sites (tertiary alicyclic amines) is 1. The molecule has 3 aliphatic rings. The minimum absolute atomic E-state index is 0.0539. The van der Waals surface area contributed by atoms with Crippen molar-refractivity contribution in [2.45, 2.75) is 77.8 Å². The van der Waals surface area contributed by atoms with Crippen LogP contribution < -0.4 is 10.6 Å². The first kappa shape index (κ1) is 26.6. The standard InChI is InChI=1S/C27H44N6O3/c1-18(2)22-9-8-19(3)12-27(36)33-15-20-13-21(23(33)6-5-7-25(34)28-22)16-32(14-20)17-26(35)29-24-10-11-31(4)30-24/h10-11,18-23H,5-9,12-17H2,1-4H3,(H,28,34)(H,29,30,35)/t19-,20+,21+,22+,23+/m1/s1. The van der Waals surface area contributed by atoms with Crippen molar-refractivity contribution in [1.29, 1.82) is 0 Å². The van der Waals surface area contributed by atoms with Crippen LogP contribution in [0.2, 0.25) is 0 Å². The molecule has 0 aromatic carbocycles. The molecule has 36 heavy (non-hydrogen) atoms. The lowest BCUT2D eigenvalue weighted by atomic mass is 9.77. The van der Waals surface area contributed by atoms with E-state index in [-0.39, 0.29) is 29.8 Å². The van der Waals surface area contributed by atoms with Crippen molar-refractivity contribution in [2.75, 3.05) is 31.5 Å². The van der Waals surface area contributed by atoms with Gasteiger partial charge in [0.05, 0.1) is 6.54 Å². The number of carbonyl (C=O) groups excluding carboxylic acids is 3. The highest BCUT2D eigenvalue weighted by molar-refractivity contribution is 5.91. The number of fused-ring (bicyclic) bond motifs is 4. The molecule has 3 fully saturated rings. The molecule has 200 valence electrons. The van der Waals surface area contributed by atoms with Gasteiger partial charge in [-0.1, -0.05) is 20.8 Å². The van der Waals surface area contributed by atoms with Gasteiger partial charge in [-0.3, -0.25) is 24.0 Å². The third-order valence-corrected chi connectivity index (χ3v) is 8.26. The fraction of sp³-hybridized carbons (Fsp3) is 0.778. The Morgan fingerprint density at radius 1 is 1.19 bits per heavy atom. The van der Waals surface area contributed by atoms with Gasteiger partial charge in [0, 0.05) is 63.9 Å². The number of anilines is 1. The SMILES string of the molecule is CC(C)[C@@H]1CC[C@@H](C)CC(=O)N2C[C@H]3C[C@@H](CN(CC(=O)Nc4ccn(C)n4)C3)[C@@H]2CCCC(=O)N1. The van der Waals surface area contributed by atoms with Gasteiger partial charge in [0.2, 0.25) is 17.7 Å². The minimum atomic E-state index is -0.0539. The number of amides is 3. The van der Waals surface area contributed by atoms with Crippen molar-refractivity contribution in [3.05, 3.63) is 12.3 Å². The van der Waals surface area contributed by atoms with Gasteiger partial charge in [0.15, 0.2) is 5.82 Å². The molecular weight excluding hydrogens is 456 g/mol. The third kappa shape index (κ3) is 6.87. The maximum absolute atomic E-state index is 13.5. The average molecular weight is 501 g/mol. The van der Waals surface area contributed by atoms with E-state index in [1.807, 2.05) is 13.2 Å². The number of rotatable bonds is 4. The van der Waals surface area contributed by atoms with Crippen molar-refractivity contribution < 1.29 is 14.4 Å². The molecule has 0 unspecified atom stereocenters. The molecule has 9 nitrogen and oxygen atoms in total. The van der Waals surface area contributed by atoms with Crippen LogP contribution in [-0.4, -0.2) is 75.6 Å². The molecule has 0 radical (unpaired) electrons. The van der Waals surface area contributed by atoms with Gasteiger partial charge in [-0.2, -0.15) is 5.10 Å². The molecule has 3 amide bonds. The predicted molar refractivity (Wildman–Crippen MR) is 139 cm³/mol. The molecule has 0 saturated carbocycles.